The molecule has 2 atom stereocenters. The van der Waals surface area contributed by atoms with E-state index in [4.69, 9.17) is 20.9 Å². The molecular formula is C31H28F2N2O4. The summed E-state index contributed by atoms with van der Waals surface area (Å²) in [4.78, 5) is 25.3. The minimum atomic E-state index is -0.766. The average molecular weight is 531 g/mol. The van der Waals surface area contributed by atoms with Gasteiger partial charge in [0.25, 0.3) is 0 Å². The van der Waals surface area contributed by atoms with Crippen molar-refractivity contribution in [3.63, 3.8) is 0 Å². The van der Waals surface area contributed by atoms with Crippen LogP contribution in [0.3, 0.4) is 0 Å². The van der Waals surface area contributed by atoms with Crippen LogP contribution in [0.15, 0.2) is 84.9 Å². The third kappa shape index (κ3) is 6.41. The van der Waals surface area contributed by atoms with Gasteiger partial charge >= 0.3 is 11.9 Å². The largest absolute Gasteiger partial charge is 0.457 e. The average Bonchev–Trinajstić information content (AvgIpc) is 2.88. The quantitative estimate of drug-likeness (QED) is 0.148. The first-order chi connectivity index (χ1) is 18.6. The minimum absolute atomic E-state index is 0.251. The Morgan fingerprint density at radius 1 is 0.641 bits per heavy atom. The topological polar surface area (TPSA) is 105 Å². The van der Waals surface area contributed by atoms with Crippen LogP contribution < -0.4 is 11.5 Å². The standard InChI is InChI=1S/C31H28F2N2O4/c1-18(22-7-3-5-9-24(22)26-13-11-20(32)15-28(26)34)38-30(36)17-31(37)39-19(2)23-8-4-6-10-25(23)27-14-12-21(33)16-29(27)35/h3-16,18-19H,17,34-35H2,1-2H3. The van der Waals surface area contributed by atoms with Crippen molar-refractivity contribution in [2.45, 2.75) is 32.5 Å². The third-order valence-electron chi connectivity index (χ3n) is 6.31. The van der Waals surface area contributed by atoms with E-state index in [9.17, 15) is 18.4 Å². The molecule has 4 aromatic rings. The van der Waals surface area contributed by atoms with Crippen molar-refractivity contribution in [3.8, 4) is 22.3 Å². The zero-order valence-electron chi connectivity index (χ0n) is 21.5. The van der Waals surface area contributed by atoms with Gasteiger partial charge in [-0.1, -0.05) is 48.5 Å². The van der Waals surface area contributed by atoms with E-state index in [1.54, 1.807) is 74.5 Å². The molecule has 0 aromatic heterocycles. The number of rotatable bonds is 8. The number of carbonyl (C=O) groups excluding carboxylic acids is 2. The summed E-state index contributed by atoms with van der Waals surface area (Å²) in [5.41, 5.74) is 16.4. The third-order valence-corrected chi connectivity index (χ3v) is 6.31. The van der Waals surface area contributed by atoms with Gasteiger partial charge in [0.1, 0.15) is 30.3 Å². The fraction of sp³-hybridized carbons (Fsp3) is 0.161. The lowest BCUT2D eigenvalue weighted by Crippen LogP contribution is -2.17. The molecule has 0 fully saturated rings. The van der Waals surface area contributed by atoms with Gasteiger partial charge in [0.05, 0.1) is 0 Å². The molecule has 6 nitrogen and oxygen atoms in total. The van der Waals surface area contributed by atoms with Crippen LogP contribution in [-0.4, -0.2) is 11.9 Å². The van der Waals surface area contributed by atoms with Gasteiger partial charge in [0.15, 0.2) is 0 Å². The summed E-state index contributed by atoms with van der Waals surface area (Å²) in [6, 6.07) is 22.5. The predicted octanol–water partition coefficient (Wildman–Crippen LogP) is 6.76. The van der Waals surface area contributed by atoms with Crippen molar-refractivity contribution >= 4 is 23.3 Å². The van der Waals surface area contributed by atoms with Gasteiger partial charge < -0.3 is 20.9 Å². The Balaban J connectivity index is 1.43. The maximum absolute atomic E-state index is 13.5. The molecule has 4 aromatic carbocycles. The molecule has 0 heterocycles. The second kappa shape index (κ2) is 11.8. The second-order valence-corrected chi connectivity index (χ2v) is 9.08. The van der Waals surface area contributed by atoms with E-state index in [1.165, 1.54) is 24.3 Å². The number of carbonyl (C=O) groups is 2. The molecule has 8 heteroatoms. The van der Waals surface area contributed by atoms with E-state index in [1.807, 2.05) is 0 Å². The molecule has 0 aliphatic carbocycles. The first-order valence-corrected chi connectivity index (χ1v) is 12.3. The molecule has 4 N–H and O–H groups in total. The van der Waals surface area contributed by atoms with E-state index in [0.29, 0.717) is 33.4 Å². The van der Waals surface area contributed by atoms with Crippen molar-refractivity contribution in [2.24, 2.45) is 0 Å². The molecule has 200 valence electrons. The van der Waals surface area contributed by atoms with Crippen LogP contribution in [0, 0.1) is 11.6 Å². The van der Waals surface area contributed by atoms with Gasteiger partial charge in [-0.15, -0.1) is 0 Å². The lowest BCUT2D eigenvalue weighted by atomic mass is 9.95. The molecule has 0 amide bonds. The summed E-state index contributed by atoms with van der Waals surface area (Å²) in [6.07, 6.45) is -2.03. The van der Waals surface area contributed by atoms with Crippen LogP contribution in [0.25, 0.3) is 22.3 Å². The van der Waals surface area contributed by atoms with Crippen molar-refractivity contribution in [3.05, 3.63) is 108 Å². The molecule has 4 rings (SSSR count). The Morgan fingerprint density at radius 2 is 1.03 bits per heavy atom. The van der Waals surface area contributed by atoms with E-state index < -0.39 is 42.2 Å². The maximum atomic E-state index is 13.5. The molecule has 0 aliphatic rings. The number of halogens is 2. The van der Waals surface area contributed by atoms with Crippen LogP contribution in [0.1, 0.15) is 43.6 Å². The molecule has 0 saturated heterocycles. The van der Waals surface area contributed by atoms with E-state index in [-0.39, 0.29) is 11.4 Å². The highest BCUT2D eigenvalue weighted by molar-refractivity contribution is 5.91. The number of ether oxygens (including phenoxy) is 2. The maximum Gasteiger partial charge on any atom is 0.317 e. The van der Waals surface area contributed by atoms with Crippen LogP contribution in [0.4, 0.5) is 20.2 Å². The summed E-state index contributed by atoms with van der Waals surface area (Å²) in [6.45, 7) is 3.35. The Hall–Kier alpha value is -4.72. The number of anilines is 2. The molecule has 2 unspecified atom stereocenters. The monoisotopic (exact) mass is 530 g/mol. The highest BCUT2D eigenvalue weighted by atomic mass is 19.1. The van der Waals surface area contributed by atoms with Crippen molar-refractivity contribution in [1.82, 2.24) is 0 Å². The summed E-state index contributed by atoms with van der Waals surface area (Å²) in [5, 5.41) is 0. The molecule has 0 spiro atoms. The van der Waals surface area contributed by atoms with Crippen molar-refractivity contribution in [1.29, 1.82) is 0 Å². The second-order valence-electron chi connectivity index (χ2n) is 9.08. The Morgan fingerprint density at radius 3 is 1.41 bits per heavy atom. The predicted molar refractivity (Wildman–Crippen MR) is 146 cm³/mol. The number of hydrogen-bond acceptors (Lipinski definition) is 6. The Labute approximate surface area is 225 Å². The van der Waals surface area contributed by atoms with E-state index in [0.717, 1.165) is 0 Å². The molecule has 0 saturated carbocycles. The molecule has 0 radical (unpaired) electrons. The SMILES string of the molecule is CC(OC(=O)CC(=O)OC(C)c1ccccc1-c1ccc(F)cc1N)c1ccccc1-c1ccc(F)cc1N. The zero-order chi connectivity index (χ0) is 28.1. The first kappa shape index (κ1) is 27.3. The number of esters is 2. The van der Waals surface area contributed by atoms with Crippen molar-refractivity contribution < 1.29 is 27.8 Å². The lowest BCUT2D eigenvalue weighted by molar-refractivity contribution is -0.159. The minimum Gasteiger partial charge on any atom is -0.457 e. The number of hydrogen-bond donors (Lipinski definition) is 2. The molecular weight excluding hydrogens is 502 g/mol. The van der Waals surface area contributed by atoms with E-state index >= 15 is 0 Å². The van der Waals surface area contributed by atoms with Crippen LogP contribution in [0.5, 0.6) is 0 Å². The highest BCUT2D eigenvalue weighted by Gasteiger charge is 2.22. The van der Waals surface area contributed by atoms with Gasteiger partial charge in [-0.2, -0.15) is 0 Å². The summed E-state index contributed by atoms with van der Waals surface area (Å²) in [5.74, 6) is -2.44. The van der Waals surface area contributed by atoms with Crippen LogP contribution in [0.2, 0.25) is 0 Å². The summed E-state index contributed by atoms with van der Waals surface area (Å²) in [7, 11) is 0. The van der Waals surface area contributed by atoms with Gasteiger partial charge in [-0.05, 0) is 61.4 Å². The Kier molecular flexibility index (Phi) is 8.24. The molecule has 0 aliphatic heterocycles. The smallest absolute Gasteiger partial charge is 0.317 e. The number of nitrogen functional groups attached to an aromatic ring is 2. The van der Waals surface area contributed by atoms with Gasteiger partial charge in [-0.3, -0.25) is 9.59 Å². The van der Waals surface area contributed by atoms with Crippen LogP contribution >= 0.6 is 0 Å². The Bertz CT molecular complexity index is 1410. The normalized spacial score (nSPS) is 12.4. The summed E-state index contributed by atoms with van der Waals surface area (Å²) < 4.78 is 38.2. The molecule has 0 bridgehead atoms. The van der Waals surface area contributed by atoms with E-state index in [2.05, 4.69) is 0 Å². The van der Waals surface area contributed by atoms with Gasteiger partial charge in [0, 0.05) is 33.6 Å². The van der Waals surface area contributed by atoms with Gasteiger partial charge in [-0.25, -0.2) is 8.78 Å². The zero-order valence-corrected chi connectivity index (χ0v) is 21.5. The molecule has 39 heavy (non-hydrogen) atoms. The first-order valence-electron chi connectivity index (χ1n) is 12.3. The van der Waals surface area contributed by atoms with Crippen molar-refractivity contribution in [2.75, 3.05) is 11.5 Å². The lowest BCUT2D eigenvalue weighted by Gasteiger charge is -2.20. The highest BCUT2D eigenvalue weighted by Crippen LogP contribution is 2.35. The number of benzene rings is 4. The fourth-order valence-corrected chi connectivity index (χ4v) is 4.47. The van der Waals surface area contributed by atoms with Crippen LogP contribution in [-0.2, 0) is 19.1 Å². The summed E-state index contributed by atoms with van der Waals surface area (Å²) >= 11 is 0. The fourth-order valence-electron chi connectivity index (χ4n) is 4.47. The number of nitrogens with two attached hydrogens (primary N) is 2. The van der Waals surface area contributed by atoms with Gasteiger partial charge in [0.2, 0.25) is 0 Å².